The molecule has 2 fully saturated rings. The largest absolute Gasteiger partial charge is 0.379 e. The van der Waals surface area contributed by atoms with Crippen LogP contribution in [-0.2, 0) is 4.74 Å². The SMILES string of the molecule is CCC(C)(C(NC)C1CCCC(C)C1)N1CCOCC1. The minimum Gasteiger partial charge on any atom is -0.379 e. The van der Waals surface area contributed by atoms with Crippen molar-refractivity contribution in [2.45, 2.75) is 64.5 Å². The molecule has 0 spiro atoms. The number of morpholine rings is 1. The summed E-state index contributed by atoms with van der Waals surface area (Å²) in [5.41, 5.74) is 0.264. The summed E-state index contributed by atoms with van der Waals surface area (Å²) in [7, 11) is 2.16. The second-order valence-corrected chi connectivity index (χ2v) is 7.11. The lowest BCUT2D eigenvalue weighted by Crippen LogP contribution is -2.63. The summed E-state index contributed by atoms with van der Waals surface area (Å²) in [6, 6.07) is 0.605. The van der Waals surface area contributed by atoms with Crippen LogP contribution in [0.2, 0.25) is 0 Å². The lowest BCUT2D eigenvalue weighted by Gasteiger charge is -2.51. The molecule has 2 aliphatic rings. The van der Waals surface area contributed by atoms with Gasteiger partial charge in [0.1, 0.15) is 0 Å². The first kappa shape index (κ1) is 16.3. The maximum absolute atomic E-state index is 5.55. The fraction of sp³-hybridized carbons (Fsp3) is 1.00. The van der Waals surface area contributed by atoms with Crippen LogP contribution in [0.5, 0.6) is 0 Å². The van der Waals surface area contributed by atoms with Gasteiger partial charge >= 0.3 is 0 Å². The molecule has 4 unspecified atom stereocenters. The molecular weight excluding hydrogens is 248 g/mol. The highest BCUT2D eigenvalue weighted by Crippen LogP contribution is 2.37. The predicted octanol–water partition coefficient (Wildman–Crippen LogP) is 2.90. The Hall–Kier alpha value is -0.120. The van der Waals surface area contributed by atoms with Crippen LogP contribution in [0.15, 0.2) is 0 Å². The van der Waals surface area contributed by atoms with Crippen LogP contribution in [-0.4, -0.2) is 49.8 Å². The highest BCUT2D eigenvalue weighted by molar-refractivity contribution is 5.00. The predicted molar refractivity (Wildman–Crippen MR) is 85.1 cm³/mol. The Labute approximate surface area is 125 Å². The molecule has 1 saturated heterocycles. The Morgan fingerprint density at radius 3 is 2.55 bits per heavy atom. The Morgan fingerprint density at radius 1 is 1.30 bits per heavy atom. The highest BCUT2D eigenvalue weighted by atomic mass is 16.5. The zero-order valence-electron chi connectivity index (χ0n) is 14.0. The van der Waals surface area contributed by atoms with E-state index >= 15 is 0 Å². The first-order valence-corrected chi connectivity index (χ1v) is 8.62. The van der Waals surface area contributed by atoms with E-state index in [9.17, 15) is 0 Å². The van der Waals surface area contributed by atoms with Crippen molar-refractivity contribution in [2.24, 2.45) is 11.8 Å². The molecule has 3 heteroatoms. The molecule has 1 aliphatic heterocycles. The first-order chi connectivity index (χ1) is 9.61. The van der Waals surface area contributed by atoms with E-state index in [-0.39, 0.29) is 5.54 Å². The Morgan fingerprint density at radius 2 is 2.00 bits per heavy atom. The zero-order valence-corrected chi connectivity index (χ0v) is 14.0. The van der Waals surface area contributed by atoms with Crippen molar-refractivity contribution in [3.05, 3.63) is 0 Å². The standard InChI is InChI=1S/C17H34N2O/c1-5-17(3,19-9-11-20-12-10-19)16(18-4)15-8-6-7-14(2)13-15/h14-16,18H,5-13H2,1-4H3. The van der Waals surface area contributed by atoms with Crippen molar-refractivity contribution < 1.29 is 4.74 Å². The Balaban J connectivity index is 2.12. The number of hydrogen-bond acceptors (Lipinski definition) is 3. The lowest BCUT2D eigenvalue weighted by atomic mass is 9.71. The Bertz CT molecular complexity index is 291. The molecule has 0 aromatic heterocycles. The molecule has 0 aromatic carbocycles. The minimum atomic E-state index is 0.264. The fourth-order valence-electron chi connectivity index (χ4n) is 4.55. The molecule has 4 atom stereocenters. The smallest absolute Gasteiger partial charge is 0.0594 e. The van der Waals surface area contributed by atoms with Gasteiger partial charge in [0.15, 0.2) is 0 Å². The van der Waals surface area contributed by atoms with Crippen LogP contribution in [0.4, 0.5) is 0 Å². The summed E-state index contributed by atoms with van der Waals surface area (Å²) in [4.78, 5) is 2.68. The molecular formula is C17H34N2O. The summed E-state index contributed by atoms with van der Waals surface area (Å²) in [6.07, 6.45) is 6.84. The number of likely N-dealkylation sites (N-methyl/N-ethyl adjacent to an activating group) is 1. The second kappa shape index (κ2) is 7.24. The van der Waals surface area contributed by atoms with Crippen molar-refractivity contribution in [3.8, 4) is 0 Å². The molecule has 1 N–H and O–H groups in total. The number of rotatable bonds is 5. The third kappa shape index (κ3) is 3.37. The van der Waals surface area contributed by atoms with Crippen LogP contribution >= 0.6 is 0 Å². The fourth-order valence-corrected chi connectivity index (χ4v) is 4.55. The van der Waals surface area contributed by atoms with Crippen molar-refractivity contribution in [1.82, 2.24) is 10.2 Å². The summed E-state index contributed by atoms with van der Waals surface area (Å²) in [6.45, 7) is 11.2. The second-order valence-electron chi connectivity index (χ2n) is 7.11. The zero-order chi connectivity index (χ0) is 14.6. The molecule has 118 valence electrons. The molecule has 0 bridgehead atoms. The third-order valence-corrected chi connectivity index (χ3v) is 5.88. The van der Waals surface area contributed by atoms with Crippen molar-refractivity contribution in [3.63, 3.8) is 0 Å². The molecule has 1 saturated carbocycles. The summed E-state index contributed by atoms with van der Waals surface area (Å²) >= 11 is 0. The van der Waals surface area contributed by atoms with Gasteiger partial charge in [-0.25, -0.2) is 0 Å². The maximum atomic E-state index is 5.55. The van der Waals surface area contributed by atoms with Gasteiger partial charge in [0.25, 0.3) is 0 Å². The summed E-state index contributed by atoms with van der Waals surface area (Å²) < 4.78 is 5.55. The van der Waals surface area contributed by atoms with Gasteiger partial charge < -0.3 is 10.1 Å². The molecule has 20 heavy (non-hydrogen) atoms. The molecule has 1 heterocycles. The van der Waals surface area contributed by atoms with E-state index in [1.54, 1.807) is 0 Å². The lowest BCUT2D eigenvalue weighted by molar-refractivity contribution is -0.0440. The number of nitrogens with zero attached hydrogens (tertiary/aromatic N) is 1. The van der Waals surface area contributed by atoms with Crippen LogP contribution in [0.3, 0.4) is 0 Å². The molecule has 1 aliphatic carbocycles. The molecule has 3 nitrogen and oxygen atoms in total. The molecule has 0 radical (unpaired) electrons. The van der Waals surface area contributed by atoms with Crippen LogP contribution in [0.1, 0.15) is 52.9 Å². The summed E-state index contributed by atoms with van der Waals surface area (Å²) in [5, 5.41) is 3.70. The van der Waals surface area contributed by atoms with Crippen molar-refractivity contribution >= 4 is 0 Å². The van der Waals surface area contributed by atoms with Gasteiger partial charge in [-0.3, -0.25) is 4.90 Å². The van der Waals surface area contributed by atoms with Gasteiger partial charge in [0.05, 0.1) is 13.2 Å². The minimum absolute atomic E-state index is 0.264. The first-order valence-electron chi connectivity index (χ1n) is 8.62. The van der Waals surface area contributed by atoms with E-state index in [0.717, 1.165) is 38.1 Å². The van der Waals surface area contributed by atoms with Crippen LogP contribution < -0.4 is 5.32 Å². The van der Waals surface area contributed by atoms with E-state index in [1.807, 2.05) is 0 Å². The summed E-state index contributed by atoms with van der Waals surface area (Å²) in [5.74, 6) is 1.73. The van der Waals surface area contributed by atoms with Gasteiger partial charge in [0, 0.05) is 24.7 Å². The van der Waals surface area contributed by atoms with Crippen molar-refractivity contribution in [1.29, 1.82) is 0 Å². The van der Waals surface area contributed by atoms with Crippen LogP contribution in [0, 0.1) is 11.8 Å². The van der Waals surface area contributed by atoms with E-state index < -0.39 is 0 Å². The number of hydrogen-bond donors (Lipinski definition) is 1. The number of nitrogens with one attached hydrogen (secondary N) is 1. The molecule has 0 aromatic rings. The van der Waals surface area contributed by atoms with E-state index in [4.69, 9.17) is 4.74 Å². The average molecular weight is 282 g/mol. The maximum Gasteiger partial charge on any atom is 0.0594 e. The van der Waals surface area contributed by atoms with Gasteiger partial charge in [-0.1, -0.05) is 26.7 Å². The van der Waals surface area contributed by atoms with Gasteiger partial charge in [-0.15, -0.1) is 0 Å². The van der Waals surface area contributed by atoms with E-state index in [0.29, 0.717) is 6.04 Å². The average Bonchev–Trinajstić information content (AvgIpc) is 2.48. The Kier molecular flexibility index (Phi) is 5.88. The van der Waals surface area contributed by atoms with Crippen LogP contribution in [0.25, 0.3) is 0 Å². The topological polar surface area (TPSA) is 24.5 Å². The third-order valence-electron chi connectivity index (χ3n) is 5.88. The van der Waals surface area contributed by atoms with Gasteiger partial charge in [-0.05, 0) is 45.1 Å². The number of ether oxygens (including phenoxy) is 1. The normalized spacial score (nSPS) is 33.6. The molecule has 0 amide bonds. The molecule has 2 rings (SSSR count). The van der Waals surface area contributed by atoms with E-state index in [1.165, 1.54) is 32.1 Å². The highest BCUT2D eigenvalue weighted by Gasteiger charge is 2.42. The van der Waals surface area contributed by atoms with Gasteiger partial charge in [-0.2, -0.15) is 0 Å². The monoisotopic (exact) mass is 282 g/mol. The quantitative estimate of drug-likeness (QED) is 0.839. The van der Waals surface area contributed by atoms with E-state index in [2.05, 4.69) is 38.0 Å². The van der Waals surface area contributed by atoms with Crippen molar-refractivity contribution in [2.75, 3.05) is 33.4 Å². The van der Waals surface area contributed by atoms with Gasteiger partial charge in [0.2, 0.25) is 0 Å².